The van der Waals surface area contributed by atoms with Crippen LogP contribution in [0.15, 0.2) is 48.5 Å². The molecule has 0 spiro atoms. The van der Waals surface area contributed by atoms with Crippen LogP contribution >= 0.6 is 0 Å². The number of hydrogen-bond donors (Lipinski definition) is 0. The summed E-state index contributed by atoms with van der Waals surface area (Å²) in [5.74, 6) is -0.655. The van der Waals surface area contributed by atoms with Crippen LogP contribution in [0.3, 0.4) is 0 Å². The Kier molecular flexibility index (Phi) is 9.12. The second kappa shape index (κ2) is 12.3. The summed E-state index contributed by atoms with van der Waals surface area (Å²) in [6.45, 7) is 6.52. The molecule has 10 nitrogen and oxygen atoms in total. The van der Waals surface area contributed by atoms with Crippen molar-refractivity contribution in [2.45, 2.75) is 83.3 Å². The quantitative estimate of drug-likeness (QED) is 0.412. The lowest BCUT2D eigenvalue weighted by Gasteiger charge is -2.45. The third kappa shape index (κ3) is 7.07. The van der Waals surface area contributed by atoms with Gasteiger partial charge >= 0.3 is 11.9 Å². The molecule has 212 valence electrons. The minimum Gasteiger partial charge on any atom is -0.497 e. The molecule has 2 aromatic rings. The van der Waals surface area contributed by atoms with Gasteiger partial charge < -0.3 is 37.9 Å². The van der Waals surface area contributed by atoms with E-state index in [2.05, 4.69) is 0 Å². The number of carbonyl (C=O) groups is 2. The summed E-state index contributed by atoms with van der Waals surface area (Å²) in [4.78, 5) is 24.5. The molecule has 4 rings (SSSR count). The van der Waals surface area contributed by atoms with Crippen LogP contribution in [0.4, 0.5) is 0 Å². The van der Waals surface area contributed by atoms with E-state index >= 15 is 0 Å². The molecule has 1 saturated heterocycles. The Morgan fingerprint density at radius 1 is 0.667 bits per heavy atom. The monoisotopic (exact) mass is 544 g/mol. The topological polar surface area (TPSA) is 108 Å². The van der Waals surface area contributed by atoms with Crippen molar-refractivity contribution < 1.29 is 47.5 Å². The van der Waals surface area contributed by atoms with Crippen molar-refractivity contribution in [1.82, 2.24) is 0 Å². The van der Waals surface area contributed by atoms with E-state index in [0.717, 1.165) is 22.6 Å². The molecule has 1 heterocycles. The first-order valence-corrected chi connectivity index (χ1v) is 12.8. The Hall–Kier alpha value is -3.18. The van der Waals surface area contributed by atoms with Crippen LogP contribution in [-0.2, 0) is 51.2 Å². The van der Waals surface area contributed by atoms with Gasteiger partial charge in [-0.15, -0.1) is 0 Å². The van der Waals surface area contributed by atoms with Crippen LogP contribution in [0, 0.1) is 0 Å². The molecule has 0 N–H and O–H groups in total. The van der Waals surface area contributed by atoms with Gasteiger partial charge in [-0.1, -0.05) is 24.3 Å². The molecular weight excluding hydrogens is 508 g/mol. The second-order valence-electron chi connectivity index (χ2n) is 9.96. The SMILES string of the molecule is COc1ccc(CO[C@H]2[C@H](OC(C)=O)[C@@H](OC(C)=O)[C@H](OCc3ccc(OC)cc3)[C@@H]3OC(C)(C)O[C@H]23)cc1. The van der Waals surface area contributed by atoms with Gasteiger partial charge in [0.1, 0.15) is 35.9 Å². The van der Waals surface area contributed by atoms with Gasteiger partial charge in [0.05, 0.1) is 27.4 Å². The first kappa shape index (κ1) is 28.8. The molecule has 10 heteroatoms. The predicted molar refractivity (Wildman–Crippen MR) is 138 cm³/mol. The number of fused-ring (bicyclic) bond motifs is 1. The van der Waals surface area contributed by atoms with Crippen molar-refractivity contribution in [1.29, 1.82) is 0 Å². The summed E-state index contributed by atoms with van der Waals surface area (Å²) in [5.41, 5.74) is 1.74. The van der Waals surface area contributed by atoms with Crippen LogP contribution in [0.2, 0.25) is 0 Å². The average molecular weight is 545 g/mol. The fraction of sp³-hybridized carbons (Fsp3) is 0.517. The normalized spacial score (nSPS) is 27.3. The zero-order valence-electron chi connectivity index (χ0n) is 23.1. The summed E-state index contributed by atoms with van der Waals surface area (Å²) in [6, 6.07) is 14.8. The molecule has 0 radical (unpaired) electrons. The Bertz CT molecular complexity index is 1030. The maximum Gasteiger partial charge on any atom is 0.303 e. The number of methoxy groups -OCH3 is 2. The van der Waals surface area contributed by atoms with Crippen molar-refractivity contribution in [3.05, 3.63) is 59.7 Å². The highest BCUT2D eigenvalue weighted by atomic mass is 16.8. The lowest BCUT2D eigenvalue weighted by Crippen LogP contribution is -2.65. The average Bonchev–Trinajstić information content (AvgIpc) is 3.22. The van der Waals surface area contributed by atoms with Crippen molar-refractivity contribution >= 4 is 11.9 Å². The Morgan fingerprint density at radius 3 is 1.33 bits per heavy atom. The molecule has 1 aliphatic heterocycles. The third-order valence-electron chi connectivity index (χ3n) is 6.59. The lowest BCUT2D eigenvalue weighted by atomic mass is 9.84. The van der Waals surface area contributed by atoms with E-state index in [1.165, 1.54) is 13.8 Å². The van der Waals surface area contributed by atoms with E-state index in [9.17, 15) is 9.59 Å². The van der Waals surface area contributed by atoms with E-state index in [0.29, 0.717) is 0 Å². The van der Waals surface area contributed by atoms with E-state index in [1.54, 1.807) is 28.1 Å². The molecule has 1 saturated carbocycles. The molecule has 0 bridgehead atoms. The van der Waals surface area contributed by atoms with Gasteiger partial charge in [0.25, 0.3) is 0 Å². The van der Waals surface area contributed by atoms with Gasteiger partial charge in [0.2, 0.25) is 0 Å². The molecule has 0 amide bonds. The van der Waals surface area contributed by atoms with Gasteiger partial charge in [-0.05, 0) is 49.2 Å². The number of esters is 2. The molecule has 39 heavy (non-hydrogen) atoms. The highest BCUT2D eigenvalue weighted by molar-refractivity contribution is 5.67. The van der Waals surface area contributed by atoms with Crippen molar-refractivity contribution in [2.24, 2.45) is 0 Å². The molecule has 0 unspecified atom stereocenters. The summed E-state index contributed by atoms with van der Waals surface area (Å²) in [7, 11) is 3.19. The van der Waals surface area contributed by atoms with E-state index < -0.39 is 54.3 Å². The maximum atomic E-state index is 12.2. The van der Waals surface area contributed by atoms with Crippen LogP contribution in [0.1, 0.15) is 38.8 Å². The zero-order chi connectivity index (χ0) is 28.2. The number of ether oxygens (including phenoxy) is 8. The third-order valence-corrected chi connectivity index (χ3v) is 6.59. The Labute approximate surface area is 228 Å². The summed E-state index contributed by atoms with van der Waals surface area (Å²) in [6.07, 6.45) is -4.99. The van der Waals surface area contributed by atoms with Gasteiger partial charge in [-0.25, -0.2) is 0 Å². The van der Waals surface area contributed by atoms with Gasteiger partial charge in [0.15, 0.2) is 18.0 Å². The minimum absolute atomic E-state index is 0.184. The van der Waals surface area contributed by atoms with Crippen molar-refractivity contribution in [3.8, 4) is 11.5 Å². The summed E-state index contributed by atoms with van der Waals surface area (Å²) >= 11 is 0. The lowest BCUT2D eigenvalue weighted by molar-refractivity contribution is -0.241. The standard InChI is InChI=1S/C29H36O10/c1-17(30)36-25-23(34-15-19-7-11-21(32-5)12-8-19)27-28(39-29(3,4)38-27)24(26(25)37-18(2)31)35-16-20-9-13-22(33-6)14-10-20/h7-14,23-28H,15-16H2,1-6H3/t23-,24-,25-,26-,27-,28+/m0/s1. The highest BCUT2D eigenvalue weighted by Gasteiger charge is 2.61. The van der Waals surface area contributed by atoms with Crippen molar-refractivity contribution in [3.63, 3.8) is 0 Å². The number of benzene rings is 2. The molecule has 6 atom stereocenters. The van der Waals surface area contributed by atoms with Crippen LogP contribution in [0.25, 0.3) is 0 Å². The molecule has 0 aromatic heterocycles. The molecule has 2 aromatic carbocycles. The molecule has 1 aliphatic carbocycles. The maximum absolute atomic E-state index is 12.2. The van der Waals surface area contributed by atoms with Crippen molar-refractivity contribution in [2.75, 3.05) is 14.2 Å². The van der Waals surface area contributed by atoms with E-state index in [1.807, 2.05) is 48.5 Å². The van der Waals surface area contributed by atoms with Crippen LogP contribution in [-0.4, -0.2) is 68.6 Å². The Balaban J connectivity index is 1.64. The van der Waals surface area contributed by atoms with Crippen LogP contribution < -0.4 is 9.47 Å². The van der Waals surface area contributed by atoms with Gasteiger partial charge in [-0.2, -0.15) is 0 Å². The highest BCUT2D eigenvalue weighted by Crippen LogP contribution is 2.42. The Morgan fingerprint density at radius 2 is 1.03 bits per heavy atom. The van der Waals surface area contributed by atoms with Gasteiger partial charge in [-0.3, -0.25) is 9.59 Å². The number of hydrogen-bond acceptors (Lipinski definition) is 10. The number of carbonyl (C=O) groups excluding carboxylic acids is 2. The summed E-state index contributed by atoms with van der Waals surface area (Å²) in [5, 5.41) is 0. The van der Waals surface area contributed by atoms with Crippen LogP contribution in [0.5, 0.6) is 11.5 Å². The summed E-state index contributed by atoms with van der Waals surface area (Å²) < 4.78 is 47.1. The van der Waals surface area contributed by atoms with Gasteiger partial charge in [0, 0.05) is 13.8 Å². The molecule has 2 aliphatic rings. The smallest absolute Gasteiger partial charge is 0.303 e. The number of rotatable bonds is 10. The van der Waals surface area contributed by atoms with E-state index in [-0.39, 0.29) is 13.2 Å². The fourth-order valence-electron chi connectivity index (χ4n) is 4.93. The van der Waals surface area contributed by atoms with E-state index in [4.69, 9.17) is 37.9 Å². The molecule has 2 fully saturated rings. The predicted octanol–water partition coefficient (Wildman–Crippen LogP) is 3.57. The first-order chi connectivity index (χ1) is 18.6. The molecular formula is C29H36O10. The minimum atomic E-state index is -1.01. The zero-order valence-corrected chi connectivity index (χ0v) is 23.1. The first-order valence-electron chi connectivity index (χ1n) is 12.8. The largest absolute Gasteiger partial charge is 0.497 e. The second-order valence-corrected chi connectivity index (χ2v) is 9.96. The fourth-order valence-corrected chi connectivity index (χ4v) is 4.93.